The van der Waals surface area contributed by atoms with Crippen molar-refractivity contribution in [3.63, 3.8) is 0 Å². The van der Waals surface area contributed by atoms with Gasteiger partial charge < -0.3 is 40.3 Å². The first-order valence-corrected chi connectivity index (χ1v) is 28.1. The Morgan fingerprint density at radius 3 is 1.34 bits per heavy atom. The molecule has 1 rings (SSSR count). The van der Waals surface area contributed by atoms with Crippen LogP contribution in [0.2, 0.25) is 0 Å². The van der Waals surface area contributed by atoms with E-state index >= 15 is 0 Å². The number of unbranched alkanes of at least 4 members (excludes halogenated alkanes) is 25. The first-order valence-electron chi connectivity index (χ1n) is 28.1. The van der Waals surface area contributed by atoms with Crippen LogP contribution in [0, 0.1) is 0 Å². The van der Waals surface area contributed by atoms with Crippen molar-refractivity contribution in [3.05, 3.63) is 72.9 Å². The quantitative estimate of drug-likeness (QED) is 0.0261. The number of nitrogens with one attached hydrogen (secondary N) is 1. The molecule has 9 nitrogen and oxygen atoms in total. The fraction of sp³-hybridized carbons (Fsp3) is 0.780. The van der Waals surface area contributed by atoms with Crippen molar-refractivity contribution in [1.82, 2.24) is 5.32 Å². The van der Waals surface area contributed by atoms with Gasteiger partial charge in [-0.3, -0.25) is 4.79 Å². The molecule has 0 aromatic rings. The number of amides is 1. The van der Waals surface area contributed by atoms with E-state index in [1.165, 1.54) is 128 Å². The van der Waals surface area contributed by atoms with Crippen molar-refractivity contribution in [2.75, 3.05) is 13.2 Å². The van der Waals surface area contributed by atoms with E-state index in [-0.39, 0.29) is 12.5 Å². The molecule has 9 heteroatoms. The lowest BCUT2D eigenvalue weighted by atomic mass is 9.99. The minimum Gasteiger partial charge on any atom is -0.394 e. The number of hydrogen-bond acceptors (Lipinski definition) is 8. The van der Waals surface area contributed by atoms with E-state index in [1.54, 1.807) is 0 Å². The van der Waals surface area contributed by atoms with Crippen molar-refractivity contribution in [2.45, 2.75) is 281 Å². The van der Waals surface area contributed by atoms with Crippen LogP contribution in [-0.4, -0.2) is 87.5 Å². The third kappa shape index (κ3) is 37.5. The first kappa shape index (κ1) is 63.6. The maximum absolute atomic E-state index is 12.9. The Hall–Kier alpha value is -2.37. The zero-order valence-electron chi connectivity index (χ0n) is 43.6. The predicted octanol–water partition coefficient (Wildman–Crippen LogP) is 13.7. The molecule has 68 heavy (non-hydrogen) atoms. The van der Waals surface area contributed by atoms with Crippen molar-refractivity contribution in [2.24, 2.45) is 0 Å². The minimum atomic E-state index is -1.55. The van der Waals surface area contributed by atoms with Gasteiger partial charge in [0, 0.05) is 6.42 Å². The van der Waals surface area contributed by atoms with E-state index < -0.39 is 49.5 Å². The maximum atomic E-state index is 12.9. The lowest BCUT2D eigenvalue weighted by Crippen LogP contribution is -2.60. The fourth-order valence-corrected chi connectivity index (χ4v) is 8.64. The first-order chi connectivity index (χ1) is 33.3. The summed E-state index contributed by atoms with van der Waals surface area (Å²) in [7, 11) is 0. The summed E-state index contributed by atoms with van der Waals surface area (Å²) >= 11 is 0. The molecule has 1 amide bonds. The van der Waals surface area contributed by atoms with E-state index in [4.69, 9.17) is 9.47 Å². The molecule has 0 spiro atoms. The van der Waals surface area contributed by atoms with Crippen LogP contribution >= 0.6 is 0 Å². The standard InChI is InChI=1S/C59H105NO8/c1-3-5-7-9-10-11-12-13-14-15-16-17-18-19-20-21-22-23-24-25-26-27-28-29-30-31-32-33-34-35-36-37-38-39-40-41-42-43-44-45-47-49-55(63)60-52(53(62)48-46-8-6-4-2)51-67-59-58(66)57(65)56(64)54(50-61)68-59/h5,7,10-11,13-14,16-17,19-20,22-23,52-54,56-59,61-62,64-66H,3-4,6,8-9,12,15,18,21,24-51H2,1-2H3,(H,60,63)/b7-5-,11-10-,14-13-,17-16-,20-19-,23-22-. The van der Waals surface area contributed by atoms with Crippen LogP contribution in [0.15, 0.2) is 72.9 Å². The van der Waals surface area contributed by atoms with E-state index in [0.717, 1.165) is 83.5 Å². The number of aliphatic hydroxyl groups is 5. The Kier molecular flexibility index (Phi) is 45.2. The van der Waals surface area contributed by atoms with Crippen LogP contribution in [0.4, 0.5) is 0 Å². The summed E-state index contributed by atoms with van der Waals surface area (Å²) in [5, 5.41) is 53.9. The monoisotopic (exact) mass is 956 g/mol. The van der Waals surface area contributed by atoms with Gasteiger partial charge in [0.15, 0.2) is 6.29 Å². The highest BCUT2D eigenvalue weighted by Crippen LogP contribution is 2.23. The average molecular weight is 956 g/mol. The summed E-state index contributed by atoms with van der Waals surface area (Å²) in [5.41, 5.74) is 0. The summed E-state index contributed by atoms with van der Waals surface area (Å²) in [6.45, 7) is 3.60. The van der Waals surface area contributed by atoms with Gasteiger partial charge in [-0.15, -0.1) is 0 Å². The second-order valence-electron chi connectivity index (χ2n) is 19.4. The summed E-state index contributed by atoms with van der Waals surface area (Å²) in [5.74, 6) is -0.152. The molecule has 1 aliphatic heterocycles. The van der Waals surface area contributed by atoms with Crippen molar-refractivity contribution in [1.29, 1.82) is 0 Å². The molecule has 0 radical (unpaired) electrons. The molecule has 0 aliphatic carbocycles. The maximum Gasteiger partial charge on any atom is 0.220 e. The van der Waals surface area contributed by atoms with E-state index in [2.05, 4.69) is 92.1 Å². The van der Waals surface area contributed by atoms with E-state index in [9.17, 15) is 30.3 Å². The van der Waals surface area contributed by atoms with E-state index in [1.807, 2.05) is 0 Å². The van der Waals surface area contributed by atoms with Crippen molar-refractivity contribution >= 4 is 5.91 Å². The highest BCUT2D eigenvalue weighted by atomic mass is 16.7. The van der Waals surface area contributed by atoms with Crippen molar-refractivity contribution in [3.8, 4) is 0 Å². The Bertz CT molecular complexity index is 1290. The normalized spacial score (nSPS) is 20.1. The summed E-state index contributed by atoms with van der Waals surface area (Å²) < 4.78 is 11.2. The smallest absolute Gasteiger partial charge is 0.220 e. The van der Waals surface area contributed by atoms with Gasteiger partial charge >= 0.3 is 0 Å². The van der Waals surface area contributed by atoms with Crippen LogP contribution in [0.5, 0.6) is 0 Å². The summed E-state index contributed by atoms with van der Waals surface area (Å²) in [6, 6.07) is -0.714. The molecular weight excluding hydrogens is 851 g/mol. The van der Waals surface area contributed by atoms with Gasteiger partial charge in [0.25, 0.3) is 0 Å². The highest BCUT2D eigenvalue weighted by molar-refractivity contribution is 5.76. The van der Waals surface area contributed by atoms with Crippen LogP contribution in [-0.2, 0) is 14.3 Å². The third-order valence-corrected chi connectivity index (χ3v) is 13.1. The minimum absolute atomic E-state index is 0.140. The van der Waals surface area contributed by atoms with Crippen LogP contribution in [0.25, 0.3) is 0 Å². The SMILES string of the molecule is CC/C=C\C/C=C\C/C=C\C/C=C\C/C=C\C/C=C\CCCCCCCCCCCCCCCCCCCCCCCCC(=O)NC(COC1OC(CO)C(O)C(O)C1O)C(O)CCCCCC. The molecule has 6 N–H and O–H groups in total. The van der Waals surface area contributed by atoms with Gasteiger partial charge in [-0.1, -0.05) is 241 Å². The number of hydrogen-bond donors (Lipinski definition) is 6. The predicted molar refractivity (Wildman–Crippen MR) is 285 cm³/mol. The molecule has 7 unspecified atom stereocenters. The van der Waals surface area contributed by atoms with Crippen molar-refractivity contribution < 1.29 is 39.8 Å². The molecular formula is C59H105NO8. The summed E-state index contributed by atoms with van der Waals surface area (Å²) in [6.07, 6.45) is 60.4. The number of aliphatic hydroxyl groups excluding tert-OH is 5. The van der Waals surface area contributed by atoms with Gasteiger partial charge in [0.1, 0.15) is 24.4 Å². The van der Waals surface area contributed by atoms with Gasteiger partial charge in [-0.05, 0) is 64.2 Å². The zero-order chi connectivity index (χ0) is 49.4. The van der Waals surface area contributed by atoms with Gasteiger partial charge in [-0.25, -0.2) is 0 Å². The number of ether oxygens (including phenoxy) is 2. The largest absolute Gasteiger partial charge is 0.394 e. The number of carbonyl (C=O) groups excluding carboxylic acids is 1. The Balaban J connectivity index is 1.92. The van der Waals surface area contributed by atoms with Crippen LogP contribution in [0.1, 0.15) is 239 Å². The van der Waals surface area contributed by atoms with Gasteiger partial charge in [0.05, 0.1) is 25.4 Å². The number of carbonyl (C=O) groups is 1. The molecule has 0 bridgehead atoms. The van der Waals surface area contributed by atoms with Gasteiger partial charge in [0.2, 0.25) is 5.91 Å². The number of rotatable bonds is 47. The molecule has 0 aromatic heterocycles. The van der Waals surface area contributed by atoms with Gasteiger partial charge in [-0.2, -0.15) is 0 Å². The molecule has 0 saturated carbocycles. The molecule has 1 heterocycles. The Morgan fingerprint density at radius 1 is 0.515 bits per heavy atom. The molecule has 7 atom stereocenters. The second kappa shape index (κ2) is 48.3. The second-order valence-corrected chi connectivity index (χ2v) is 19.4. The van der Waals surface area contributed by atoms with Crippen LogP contribution < -0.4 is 5.32 Å². The molecule has 1 aliphatic rings. The van der Waals surface area contributed by atoms with Crippen LogP contribution in [0.3, 0.4) is 0 Å². The van der Waals surface area contributed by atoms with E-state index in [0.29, 0.717) is 12.8 Å². The fourth-order valence-electron chi connectivity index (χ4n) is 8.64. The lowest BCUT2D eigenvalue weighted by molar-refractivity contribution is -0.302. The molecule has 0 aromatic carbocycles. The third-order valence-electron chi connectivity index (χ3n) is 13.1. The molecule has 394 valence electrons. The lowest BCUT2D eigenvalue weighted by Gasteiger charge is -2.40. The molecule has 1 fully saturated rings. The Labute approximate surface area is 417 Å². The average Bonchev–Trinajstić information content (AvgIpc) is 3.34. The summed E-state index contributed by atoms with van der Waals surface area (Å²) in [4.78, 5) is 12.9. The topological polar surface area (TPSA) is 149 Å². The molecule has 1 saturated heterocycles. The Morgan fingerprint density at radius 2 is 0.912 bits per heavy atom. The highest BCUT2D eigenvalue weighted by Gasteiger charge is 2.44. The zero-order valence-corrected chi connectivity index (χ0v) is 43.6. The number of allylic oxidation sites excluding steroid dienone is 12.